The molecule has 0 radical (unpaired) electrons. The van der Waals surface area contributed by atoms with Gasteiger partial charge in [-0.2, -0.15) is 0 Å². The first-order valence-electron chi connectivity index (χ1n) is 8.80. The fraction of sp³-hybridized carbons (Fsp3) is 0.211. The highest BCUT2D eigenvalue weighted by Gasteiger charge is 2.08. The monoisotopic (exact) mass is 376 g/mol. The van der Waals surface area contributed by atoms with E-state index in [1.165, 1.54) is 6.33 Å². The second kappa shape index (κ2) is 7.97. The predicted octanol–water partition coefficient (Wildman–Crippen LogP) is 2.29. The number of anilines is 2. The molecule has 0 fully saturated rings. The largest absolute Gasteiger partial charge is 0.491 e. The summed E-state index contributed by atoms with van der Waals surface area (Å²) >= 11 is 0. The van der Waals surface area contributed by atoms with E-state index >= 15 is 0 Å². The van der Waals surface area contributed by atoms with Crippen LogP contribution in [-0.2, 0) is 0 Å². The van der Waals surface area contributed by atoms with E-state index < -0.39 is 0 Å². The number of likely N-dealkylation sites (N-methyl/N-ethyl adjacent to an activating group) is 1. The van der Waals surface area contributed by atoms with Crippen molar-refractivity contribution in [2.45, 2.75) is 0 Å². The Hall–Kier alpha value is -3.59. The maximum atomic E-state index is 5.66. The van der Waals surface area contributed by atoms with Crippen LogP contribution in [0.3, 0.4) is 0 Å². The van der Waals surface area contributed by atoms with Crippen molar-refractivity contribution in [1.82, 2.24) is 34.4 Å². The van der Waals surface area contributed by atoms with Gasteiger partial charge in [-0.3, -0.25) is 4.57 Å². The van der Waals surface area contributed by atoms with Gasteiger partial charge in [0, 0.05) is 18.8 Å². The van der Waals surface area contributed by atoms with Gasteiger partial charge >= 0.3 is 0 Å². The van der Waals surface area contributed by atoms with Crippen molar-refractivity contribution >= 4 is 22.8 Å². The summed E-state index contributed by atoms with van der Waals surface area (Å²) in [5, 5.41) is 3.18. The summed E-state index contributed by atoms with van der Waals surface area (Å²) in [6.07, 6.45) is 6.60. The molecule has 0 spiro atoms. The molecule has 4 aromatic rings. The van der Waals surface area contributed by atoms with Crippen LogP contribution in [0.4, 0.5) is 11.6 Å². The molecule has 0 aliphatic heterocycles. The maximum absolute atomic E-state index is 5.66. The molecule has 28 heavy (non-hydrogen) atoms. The second-order valence-corrected chi connectivity index (χ2v) is 6.38. The molecule has 4 aromatic heterocycles. The topological polar surface area (TPSA) is 93.9 Å². The molecule has 4 rings (SSSR count). The van der Waals surface area contributed by atoms with Gasteiger partial charge in [0.25, 0.3) is 0 Å². The van der Waals surface area contributed by atoms with Gasteiger partial charge in [-0.1, -0.05) is 0 Å². The van der Waals surface area contributed by atoms with Crippen LogP contribution in [0.1, 0.15) is 0 Å². The van der Waals surface area contributed by atoms with Crippen LogP contribution in [0.15, 0.2) is 55.4 Å². The number of fused-ring (bicyclic) bond motifs is 1. The van der Waals surface area contributed by atoms with Crippen molar-refractivity contribution in [3.63, 3.8) is 0 Å². The summed E-state index contributed by atoms with van der Waals surface area (Å²) in [6, 6.07) is 9.37. The van der Waals surface area contributed by atoms with Gasteiger partial charge in [-0.15, -0.1) is 0 Å². The molecule has 9 nitrogen and oxygen atoms in total. The zero-order valence-corrected chi connectivity index (χ0v) is 15.6. The summed E-state index contributed by atoms with van der Waals surface area (Å²) in [7, 11) is 4.02. The van der Waals surface area contributed by atoms with Crippen LogP contribution in [0.2, 0.25) is 0 Å². The van der Waals surface area contributed by atoms with E-state index in [1.807, 2.05) is 49.0 Å². The van der Waals surface area contributed by atoms with Crippen molar-refractivity contribution in [2.24, 2.45) is 0 Å². The van der Waals surface area contributed by atoms with Crippen LogP contribution >= 0.6 is 0 Å². The molecular weight excluding hydrogens is 356 g/mol. The Morgan fingerprint density at radius 3 is 2.79 bits per heavy atom. The number of nitrogens with one attached hydrogen (secondary N) is 1. The number of imidazole rings is 1. The molecule has 0 amide bonds. The van der Waals surface area contributed by atoms with Gasteiger partial charge in [0.05, 0.1) is 11.7 Å². The van der Waals surface area contributed by atoms with Crippen molar-refractivity contribution in [2.75, 3.05) is 32.6 Å². The molecule has 4 heterocycles. The zero-order valence-electron chi connectivity index (χ0n) is 15.6. The average Bonchev–Trinajstić information content (AvgIpc) is 3.13. The first-order valence-corrected chi connectivity index (χ1v) is 8.80. The van der Waals surface area contributed by atoms with E-state index in [2.05, 4.69) is 35.1 Å². The minimum Gasteiger partial charge on any atom is -0.491 e. The Labute approximate surface area is 162 Å². The van der Waals surface area contributed by atoms with Crippen LogP contribution in [0.25, 0.3) is 17.0 Å². The molecule has 0 saturated carbocycles. The summed E-state index contributed by atoms with van der Waals surface area (Å²) in [6.45, 7) is 1.46. The summed E-state index contributed by atoms with van der Waals surface area (Å²) in [5.41, 5.74) is 1.55. The van der Waals surface area contributed by atoms with E-state index in [9.17, 15) is 0 Å². The Kier molecular flexibility index (Phi) is 5.07. The van der Waals surface area contributed by atoms with Crippen molar-refractivity contribution < 1.29 is 4.74 Å². The number of hydrogen-bond donors (Lipinski definition) is 1. The van der Waals surface area contributed by atoms with E-state index in [0.717, 1.165) is 17.8 Å². The lowest BCUT2D eigenvalue weighted by Gasteiger charge is -2.11. The molecule has 0 unspecified atom stereocenters. The molecule has 9 heteroatoms. The van der Waals surface area contributed by atoms with Crippen molar-refractivity contribution in [1.29, 1.82) is 0 Å². The lowest BCUT2D eigenvalue weighted by atomic mass is 10.4. The Balaban J connectivity index is 1.48. The number of aromatic nitrogens is 6. The predicted molar refractivity (Wildman–Crippen MR) is 106 cm³/mol. The molecule has 0 saturated heterocycles. The average molecular weight is 376 g/mol. The Bertz CT molecular complexity index is 1060. The number of ether oxygens (including phenoxy) is 1. The van der Waals surface area contributed by atoms with Gasteiger partial charge < -0.3 is 15.0 Å². The van der Waals surface area contributed by atoms with Crippen molar-refractivity contribution in [3.8, 4) is 11.6 Å². The Morgan fingerprint density at radius 1 is 1.04 bits per heavy atom. The van der Waals surface area contributed by atoms with Gasteiger partial charge in [-0.25, -0.2) is 24.9 Å². The van der Waals surface area contributed by atoms with Crippen LogP contribution < -0.4 is 10.1 Å². The lowest BCUT2D eigenvalue weighted by Crippen LogP contribution is -2.19. The van der Waals surface area contributed by atoms with E-state index in [4.69, 9.17) is 4.74 Å². The van der Waals surface area contributed by atoms with Gasteiger partial charge in [0.1, 0.15) is 42.5 Å². The van der Waals surface area contributed by atoms with Crippen LogP contribution in [0, 0.1) is 0 Å². The fourth-order valence-electron chi connectivity index (χ4n) is 2.60. The third-order valence-corrected chi connectivity index (χ3v) is 4.02. The molecule has 0 aliphatic rings. The normalized spacial score (nSPS) is 11.1. The molecule has 0 bridgehead atoms. The molecule has 0 atom stereocenters. The number of rotatable bonds is 7. The summed E-state index contributed by atoms with van der Waals surface area (Å²) in [4.78, 5) is 23.6. The highest BCUT2D eigenvalue weighted by atomic mass is 16.5. The third-order valence-electron chi connectivity index (χ3n) is 4.02. The molecular formula is C19H20N8O. The number of pyridine rings is 2. The quantitative estimate of drug-likeness (QED) is 0.525. The minimum absolute atomic E-state index is 0.616. The molecule has 142 valence electrons. The fourth-order valence-corrected chi connectivity index (χ4v) is 2.60. The lowest BCUT2D eigenvalue weighted by molar-refractivity contribution is 0.260. The number of hydrogen-bond acceptors (Lipinski definition) is 8. The van der Waals surface area contributed by atoms with E-state index in [0.29, 0.717) is 29.7 Å². The SMILES string of the molecule is CN(C)CCOc1ccc(Nc2cc(-n3cnc4ncccc43)ncn2)nc1. The first kappa shape index (κ1) is 17.8. The smallest absolute Gasteiger partial charge is 0.177 e. The van der Waals surface area contributed by atoms with E-state index in [-0.39, 0.29) is 0 Å². The highest BCUT2D eigenvalue weighted by Crippen LogP contribution is 2.19. The van der Waals surface area contributed by atoms with Crippen LogP contribution in [-0.4, -0.2) is 61.6 Å². The molecule has 1 N–H and O–H groups in total. The third kappa shape index (κ3) is 4.04. The maximum Gasteiger partial charge on any atom is 0.177 e. The highest BCUT2D eigenvalue weighted by molar-refractivity contribution is 5.72. The first-order chi connectivity index (χ1) is 13.7. The Morgan fingerprint density at radius 2 is 1.96 bits per heavy atom. The minimum atomic E-state index is 0.616. The zero-order chi connectivity index (χ0) is 19.3. The van der Waals surface area contributed by atoms with E-state index in [1.54, 1.807) is 18.7 Å². The molecule has 0 aliphatic carbocycles. The standard InChI is InChI=1S/C19H20N8O/c1-26(2)8-9-28-14-5-6-16(21-11-14)25-17-10-18(23-12-22-17)27-13-24-19-15(27)4-3-7-20-19/h3-7,10-13H,8-9H2,1-2H3,(H,21,22,23,25). The summed E-state index contributed by atoms with van der Waals surface area (Å²) < 4.78 is 7.52. The summed E-state index contributed by atoms with van der Waals surface area (Å²) in [5.74, 6) is 2.72. The molecule has 0 aromatic carbocycles. The second-order valence-electron chi connectivity index (χ2n) is 6.38. The van der Waals surface area contributed by atoms with Crippen molar-refractivity contribution in [3.05, 3.63) is 55.4 Å². The van der Waals surface area contributed by atoms with Gasteiger partial charge in [0.15, 0.2) is 5.65 Å². The number of nitrogens with zero attached hydrogens (tertiary/aromatic N) is 7. The van der Waals surface area contributed by atoms with Crippen LogP contribution in [0.5, 0.6) is 5.75 Å². The van der Waals surface area contributed by atoms with Gasteiger partial charge in [0.2, 0.25) is 0 Å². The van der Waals surface area contributed by atoms with Gasteiger partial charge in [-0.05, 0) is 38.4 Å².